The first kappa shape index (κ1) is 9.91. The average Bonchev–Trinajstić information content (AvgIpc) is 2.55. The third-order valence-corrected chi connectivity index (χ3v) is 3.60. The molecule has 1 aliphatic heterocycles. The molecule has 0 bridgehead atoms. The molecule has 0 saturated heterocycles. The Balaban J connectivity index is 2.24. The summed E-state index contributed by atoms with van der Waals surface area (Å²) in [6, 6.07) is 6.53. The fraction of sp³-hybridized carbons (Fsp3) is 0.429. The van der Waals surface area contributed by atoms with E-state index in [1.807, 2.05) is 0 Å². The number of para-hydroxylation sites is 1. The molecule has 84 valence electrons. The predicted octanol–water partition coefficient (Wildman–Crippen LogP) is 2.90. The second-order valence-corrected chi connectivity index (χ2v) is 5.49. The van der Waals surface area contributed by atoms with Crippen LogP contribution in [0.4, 0.5) is 0 Å². The topological polar surface area (TPSA) is 27.8 Å². The zero-order valence-corrected chi connectivity index (χ0v) is 10.1. The van der Waals surface area contributed by atoms with Gasteiger partial charge in [-0.25, -0.2) is 0 Å². The zero-order chi connectivity index (χ0) is 11.3. The molecule has 1 aliphatic rings. The monoisotopic (exact) mass is 214 g/mol. The first-order valence-electron chi connectivity index (χ1n) is 5.91. The molecule has 0 atom stereocenters. The van der Waals surface area contributed by atoms with Crippen LogP contribution in [0, 0.1) is 6.92 Å². The second kappa shape index (κ2) is 3.11. The Morgan fingerprint density at radius 1 is 1.25 bits per heavy atom. The lowest BCUT2D eigenvalue weighted by Crippen LogP contribution is -2.44. The van der Waals surface area contributed by atoms with Crippen LogP contribution in [0.1, 0.15) is 30.7 Å². The van der Waals surface area contributed by atoms with Gasteiger partial charge in [-0.15, -0.1) is 0 Å². The van der Waals surface area contributed by atoms with Crippen LogP contribution < -0.4 is 5.32 Å². The van der Waals surface area contributed by atoms with E-state index in [2.05, 4.69) is 49.3 Å². The van der Waals surface area contributed by atoms with Crippen LogP contribution in [-0.2, 0) is 13.0 Å². The van der Waals surface area contributed by atoms with E-state index in [0.717, 1.165) is 13.0 Å². The highest BCUT2D eigenvalue weighted by Gasteiger charge is 2.27. The number of fused-ring (bicyclic) bond motifs is 3. The van der Waals surface area contributed by atoms with E-state index in [0.29, 0.717) is 0 Å². The number of rotatable bonds is 0. The van der Waals surface area contributed by atoms with E-state index in [1.165, 1.54) is 27.7 Å². The Bertz CT molecular complexity index is 549. The van der Waals surface area contributed by atoms with Crippen LogP contribution in [0.2, 0.25) is 0 Å². The molecule has 0 amide bonds. The number of benzene rings is 1. The van der Waals surface area contributed by atoms with Crippen molar-refractivity contribution in [1.29, 1.82) is 0 Å². The zero-order valence-electron chi connectivity index (χ0n) is 10.1. The molecule has 1 aromatic heterocycles. The molecule has 1 aromatic carbocycles. The highest BCUT2D eigenvalue weighted by atomic mass is 15.0. The lowest BCUT2D eigenvalue weighted by molar-refractivity contribution is 0.360. The Morgan fingerprint density at radius 2 is 2.06 bits per heavy atom. The van der Waals surface area contributed by atoms with Crippen molar-refractivity contribution in [3.63, 3.8) is 0 Å². The minimum absolute atomic E-state index is 0.210. The summed E-state index contributed by atoms with van der Waals surface area (Å²) >= 11 is 0. The summed E-state index contributed by atoms with van der Waals surface area (Å²) in [6.45, 7) is 7.66. The molecule has 2 heteroatoms. The third kappa shape index (κ3) is 1.37. The molecule has 16 heavy (non-hydrogen) atoms. The van der Waals surface area contributed by atoms with Gasteiger partial charge in [0, 0.05) is 35.1 Å². The number of hydrogen-bond acceptors (Lipinski definition) is 1. The molecule has 2 N–H and O–H groups in total. The van der Waals surface area contributed by atoms with Gasteiger partial charge in [0.2, 0.25) is 0 Å². The Hall–Kier alpha value is -1.28. The van der Waals surface area contributed by atoms with Gasteiger partial charge in [-0.2, -0.15) is 0 Å². The van der Waals surface area contributed by atoms with Crippen molar-refractivity contribution in [2.24, 2.45) is 0 Å². The lowest BCUT2D eigenvalue weighted by atomic mass is 9.91. The largest absolute Gasteiger partial charge is 0.358 e. The number of H-pyrrole nitrogens is 1. The van der Waals surface area contributed by atoms with E-state index in [9.17, 15) is 0 Å². The molecule has 0 unspecified atom stereocenters. The minimum Gasteiger partial charge on any atom is -0.358 e. The standard InChI is InChI=1S/C14H18N2/c1-9-5-4-6-10-11-8-15-14(2,3)7-12(11)16-13(9)10/h4-6,15-16H,7-8H2,1-3H3. The van der Waals surface area contributed by atoms with E-state index in [-0.39, 0.29) is 5.54 Å². The van der Waals surface area contributed by atoms with Crippen molar-refractivity contribution in [2.45, 2.75) is 39.3 Å². The van der Waals surface area contributed by atoms with E-state index < -0.39 is 0 Å². The van der Waals surface area contributed by atoms with Crippen molar-refractivity contribution < 1.29 is 0 Å². The van der Waals surface area contributed by atoms with Crippen molar-refractivity contribution in [3.05, 3.63) is 35.0 Å². The van der Waals surface area contributed by atoms with Crippen LogP contribution in [0.5, 0.6) is 0 Å². The predicted molar refractivity (Wildman–Crippen MR) is 67.7 cm³/mol. The molecule has 0 aliphatic carbocycles. The van der Waals surface area contributed by atoms with Gasteiger partial charge in [0.15, 0.2) is 0 Å². The van der Waals surface area contributed by atoms with Gasteiger partial charge in [0.25, 0.3) is 0 Å². The molecule has 2 heterocycles. The van der Waals surface area contributed by atoms with Crippen molar-refractivity contribution in [1.82, 2.24) is 10.3 Å². The Labute approximate surface area is 96.1 Å². The molecule has 3 rings (SSSR count). The van der Waals surface area contributed by atoms with Crippen molar-refractivity contribution >= 4 is 10.9 Å². The summed E-state index contributed by atoms with van der Waals surface area (Å²) in [5.74, 6) is 0. The number of aromatic nitrogens is 1. The summed E-state index contributed by atoms with van der Waals surface area (Å²) in [7, 11) is 0. The molecule has 0 radical (unpaired) electrons. The van der Waals surface area contributed by atoms with Crippen molar-refractivity contribution in [2.75, 3.05) is 0 Å². The summed E-state index contributed by atoms with van der Waals surface area (Å²) in [5, 5.41) is 4.98. The van der Waals surface area contributed by atoms with Gasteiger partial charge in [-0.05, 0) is 31.9 Å². The van der Waals surface area contributed by atoms with E-state index >= 15 is 0 Å². The first-order valence-corrected chi connectivity index (χ1v) is 5.91. The van der Waals surface area contributed by atoms with Gasteiger partial charge >= 0.3 is 0 Å². The number of aromatic amines is 1. The summed E-state index contributed by atoms with van der Waals surface area (Å²) in [6.07, 6.45) is 1.08. The van der Waals surface area contributed by atoms with Gasteiger partial charge < -0.3 is 10.3 Å². The number of aryl methyl sites for hydroxylation is 1. The van der Waals surface area contributed by atoms with Crippen LogP contribution in [0.25, 0.3) is 10.9 Å². The molecule has 2 aromatic rings. The van der Waals surface area contributed by atoms with Crippen LogP contribution in [-0.4, -0.2) is 10.5 Å². The van der Waals surface area contributed by atoms with Gasteiger partial charge in [0.05, 0.1) is 0 Å². The normalized spacial score (nSPS) is 18.7. The molecule has 0 spiro atoms. The molecule has 0 saturated carbocycles. The number of nitrogens with one attached hydrogen (secondary N) is 2. The Kier molecular flexibility index (Phi) is 1.93. The summed E-state index contributed by atoms with van der Waals surface area (Å²) in [4.78, 5) is 3.60. The number of hydrogen-bond donors (Lipinski definition) is 2. The Morgan fingerprint density at radius 3 is 2.88 bits per heavy atom. The van der Waals surface area contributed by atoms with E-state index in [4.69, 9.17) is 0 Å². The fourth-order valence-corrected chi connectivity index (χ4v) is 2.66. The van der Waals surface area contributed by atoms with Crippen LogP contribution in [0.3, 0.4) is 0 Å². The molecule has 0 fully saturated rings. The maximum atomic E-state index is 3.60. The van der Waals surface area contributed by atoms with Gasteiger partial charge in [0.1, 0.15) is 0 Å². The van der Waals surface area contributed by atoms with Crippen molar-refractivity contribution in [3.8, 4) is 0 Å². The minimum atomic E-state index is 0.210. The molecule has 2 nitrogen and oxygen atoms in total. The summed E-state index contributed by atoms with van der Waals surface area (Å²) in [5.41, 5.74) is 5.73. The van der Waals surface area contributed by atoms with Crippen LogP contribution in [0.15, 0.2) is 18.2 Å². The highest BCUT2D eigenvalue weighted by molar-refractivity contribution is 5.87. The second-order valence-electron chi connectivity index (χ2n) is 5.49. The third-order valence-electron chi connectivity index (χ3n) is 3.60. The van der Waals surface area contributed by atoms with E-state index in [1.54, 1.807) is 0 Å². The molecular formula is C14H18N2. The SMILES string of the molecule is Cc1cccc2c3c([nH]c12)CC(C)(C)NC3. The quantitative estimate of drug-likeness (QED) is 0.693. The molecular weight excluding hydrogens is 196 g/mol. The smallest absolute Gasteiger partial charge is 0.0489 e. The maximum Gasteiger partial charge on any atom is 0.0489 e. The highest BCUT2D eigenvalue weighted by Crippen LogP contribution is 2.30. The average molecular weight is 214 g/mol. The maximum absolute atomic E-state index is 3.60. The summed E-state index contributed by atoms with van der Waals surface area (Å²) < 4.78 is 0. The van der Waals surface area contributed by atoms with Gasteiger partial charge in [-0.1, -0.05) is 18.2 Å². The van der Waals surface area contributed by atoms with Crippen LogP contribution >= 0.6 is 0 Å². The fourth-order valence-electron chi connectivity index (χ4n) is 2.66. The van der Waals surface area contributed by atoms with Gasteiger partial charge in [-0.3, -0.25) is 0 Å². The lowest BCUT2D eigenvalue weighted by Gasteiger charge is -2.31. The first-order chi connectivity index (χ1) is 7.57.